The van der Waals surface area contributed by atoms with Crippen molar-refractivity contribution in [3.8, 4) is 11.4 Å². The highest BCUT2D eigenvalue weighted by Crippen LogP contribution is 2.25. The van der Waals surface area contributed by atoms with Crippen molar-refractivity contribution in [3.63, 3.8) is 0 Å². The molecule has 0 bridgehead atoms. The molecule has 8 heterocycles. The van der Waals surface area contributed by atoms with Crippen LogP contribution in [-0.4, -0.2) is 106 Å². The first kappa shape index (κ1) is 96.5. The number of pyridine rings is 6. The van der Waals surface area contributed by atoms with E-state index in [1.165, 1.54) is 18.5 Å². The zero-order valence-electron chi connectivity index (χ0n) is 67.9. The molecule has 0 saturated heterocycles. The summed E-state index contributed by atoms with van der Waals surface area (Å²) in [5.74, 6) is -2.92. The first-order valence-electron chi connectivity index (χ1n) is 38.5. The van der Waals surface area contributed by atoms with Gasteiger partial charge in [0.2, 0.25) is 0 Å². The fraction of sp³-hybridized carbons (Fsp3) is 0.167. The van der Waals surface area contributed by atoms with E-state index in [0.717, 1.165) is 85.6 Å². The molecule has 3 unspecified atom stereocenters. The summed E-state index contributed by atoms with van der Waals surface area (Å²) < 4.78 is 7.18. The van der Waals surface area contributed by atoms with E-state index in [1.54, 1.807) is 81.1 Å². The molecular weight excluding hydrogens is 1860 g/mol. The number of rotatable bonds is 25. The highest BCUT2D eigenvalue weighted by atomic mass is 79.9. The number of carbonyl (C=O) groups is 8. The van der Waals surface area contributed by atoms with Gasteiger partial charge in [-0.3, -0.25) is 53.5 Å². The molecule has 8 aromatic heterocycles. The Morgan fingerprint density at radius 1 is 0.382 bits per heavy atom. The third-order valence-corrected chi connectivity index (χ3v) is 20.8. The minimum Gasteiger partial charge on any atom is -0.481 e. The van der Waals surface area contributed by atoms with Crippen molar-refractivity contribution in [2.45, 2.75) is 104 Å². The minimum absolute atomic E-state index is 0.0155. The summed E-state index contributed by atoms with van der Waals surface area (Å²) in [6.07, 6.45) is 11.8. The smallest absolute Gasteiger partial charge is 0.354 e. The number of aromatic nitrogens is 10. The summed E-state index contributed by atoms with van der Waals surface area (Å²) in [5.41, 5.74) is 19.1. The number of nitrogens with two attached hydrogens (primary N) is 1. The highest BCUT2D eigenvalue weighted by molar-refractivity contribution is 9.11. The van der Waals surface area contributed by atoms with Crippen LogP contribution in [0.15, 0.2) is 310 Å². The van der Waals surface area contributed by atoms with E-state index in [1.807, 2.05) is 243 Å². The Morgan fingerprint density at radius 3 is 1.02 bits per heavy atom. The van der Waals surface area contributed by atoms with Gasteiger partial charge in [0.05, 0.1) is 34.4 Å². The molecule has 14 aromatic rings. The minimum atomic E-state index is -1.01. The largest absolute Gasteiger partial charge is 0.481 e. The Morgan fingerprint density at radius 2 is 0.715 bits per heavy atom. The Hall–Kier alpha value is -11.9. The molecule has 123 heavy (non-hydrogen) atoms. The predicted molar refractivity (Wildman–Crippen MR) is 492 cm³/mol. The number of aliphatic carboxylic acids is 1. The average Bonchev–Trinajstić information content (AvgIpc) is 1.64. The van der Waals surface area contributed by atoms with Gasteiger partial charge >= 0.3 is 11.9 Å². The van der Waals surface area contributed by atoms with Crippen LogP contribution in [0.1, 0.15) is 166 Å². The van der Waals surface area contributed by atoms with Gasteiger partial charge in [0.1, 0.15) is 44.6 Å². The Bertz CT molecular complexity index is 5660. The Balaban J connectivity index is 0.000000186. The molecule has 0 aliphatic carbocycles. The van der Waals surface area contributed by atoms with E-state index < -0.39 is 17.9 Å². The summed E-state index contributed by atoms with van der Waals surface area (Å²) in [7, 11) is 0. The van der Waals surface area contributed by atoms with Crippen molar-refractivity contribution < 1.29 is 48.6 Å². The van der Waals surface area contributed by atoms with Crippen molar-refractivity contribution >= 4 is 134 Å². The molecule has 0 aliphatic heterocycles. The van der Waals surface area contributed by atoms with Crippen molar-refractivity contribution in [2.75, 3.05) is 0 Å². The number of hydrogen-bond donors (Lipinski definition) is 3. The van der Waals surface area contributed by atoms with Gasteiger partial charge in [-0.05, 0) is 240 Å². The van der Waals surface area contributed by atoms with Crippen LogP contribution < -0.4 is 5.73 Å². The van der Waals surface area contributed by atoms with Crippen LogP contribution in [-0.2, 0) is 53.0 Å². The standard InChI is InChI=1S/C28H26ClN3O2.C17H17NO2.C16H15NO3.C13H10BrNO.C11H12ClN3.C6H4BrNO2.C5H3Br2N/c1-19-15-25(32(31-19)24-10-6-9-23(29)17-24)12-14-27(33)20(2)22-11-13-26(30-18-22)28(34)16-21-7-4-3-5-8-21;1-12(13(2)19)15-8-9-16(18-11-15)17(20)10-14-6-4-3-5-7-14;1-11(16(19)20)13-7-8-14(17-10-13)15(18)9-12-5-3-2-4-6-12;14-11-6-7-12(15-9-11)13(16)8-10-4-2-1-3-5-10;1-8-5-11(7-13)15(14-8)10-4-2-3-9(12)6-10;7-4-1-2-5(6(9)10)8-3-4;6-4-1-2-5(7)8-3-4/h3-11,13,15,17-18,20H,12,14,16H2,1-2H3;3-9,11-12H,10H2,1-2H3;2-8,10-11H,9H2,1H3,(H,19,20);1-7,9H,8H2;2-6H,7,13H2,1H3;1-3H,(H,9,10);1-3H. The summed E-state index contributed by atoms with van der Waals surface area (Å²) >= 11 is 25.0. The van der Waals surface area contributed by atoms with E-state index in [9.17, 15) is 38.4 Å². The number of Topliss-reactive ketones (excluding diaryl/α,β-unsaturated/α-hetero) is 6. The molecular formula is C96H87Br4Cl2N11O10. The quantitative estimate of drug-likeness (QED) is 0.0353. The topological polar surface area (TPSA) is 316 Å². The van der Waals surface area contributed by atoms with Crippen LogP contribution in [0.4, 0.5) is 0 Å². The second-order valence-electron chi connectivity index (χ2n) is 27.7. The van der Waals surface area contributed by atoms with Crippen molar-refractivity contribution in [1.82, 2.24) is 49.5 Å². The first-order valence-corrected chi connectivity index (χ1v) is 42.4. The molecule has 3 atom stereocenters. The van der Waals surface area contributed by atoms with Crippen molar-refractivity contribution in [2.24, 2.45) is 5.73 Å². The van der Waals surface area contributed by atoms with Crippen LogP contribution in [0, 0.1) is 13.8 Å². The summed E-state index contributed by atoms with van der Waals surface area (Å²) in [6, 6.07) is 78.0. The van der Waals surface area contributed by atoms with Crippen LogP contribution in [0.3, 0.4) is 0 Å². The molecule has 27 heteroatoms. The SMILES string of the molecule is Brc1ccc(Br)nc1.CC(=O)C(C)c1ccc(C(=O)Cc2ccccc2)nc1.CC(C(=O)O)c1ccc(C(=O)Cc2ccccc2)nc1.Cc1cc(CCC(=O)C(C)c2ccc(C(=O)Cc3ccccc3)nc2)n(-c2cccc(Cl)c2)n1.Cc1cc(CN)n(-c2cccc(Cl)c2)n1.O=C(Cc1ccccc1)c1ccc(Br)cn1.O=C(O)c1ccc(Br)cn1. The fourth-order valence-corrected chi connectivity index (χ4v) is 12.8. The molecule has 628 valence electrons. The lowest BCUT2D eigenvalue weighted by Gasteiger charge is -2.12. The second kappa shape index (κ2) is 49.8. The van der Waals surface area contributed by atoms with E-state index >= 15 is 0 Å². The lowest BCUT2D eigenvalue weighted by Crippen LogP contribution is -2.13. The number of carboxylic acids is 2. The molecule has 0 amide bonds. The van der Waals surface area contributed by atoms with Gasteiger partial charge in [-0.25, -0.2) is 24.1 Å². The van der Waals surface area contributed by atoms with Crippen LogP contribution in [0.2, 0.25) is 10.0 Å². The lowest BCUT2D eigenvalue weighted by molar-refractivity contribution is -0.138. The van der Waals surface area contributed by atoms with Crippen LogP contribution in [0.5, 0.6) is 0 Å². The Labute approximate surface area is 757 Å². The number of carboxylic acid groups (broad SMARTS) is 2. The molecule has 4 N–H and O–H groups in total. The molecule has 21 nitrogen and oxygen atoms in total. The normalized spacial score (nSPS) is 11.1. The molecule has 6 aromatic carbocycles. The molecule has 0 aliphatic rings. The van der Waals surface area contributed by atoms with Crippen molar-refractivity contribution in [3.05, 3.63) is 410 Å². The third kappa shape index (κ3) is 32.4. The van der Waals surface area contributed by atoms with E-state index in [-0.39, 0.29) is 52.2 Å². The van der Waals surface area contributed by atoms with E-state index in [2.05, 4.69) is 104 Å². The van der Waals surface area contributed by atoms with Gasteiger partial charge in [0.15, 0.2) is 23.1 Å². The number of aromatic carboxylic acids is 1. The summed E-state index contributed by atoms with van der Waals surface area (Å²) in [6.45, 7) is 11.2. The maximum atomic E-state index is 12.9. The number of nitrogens with zero attached hydrogens (tertiary/aromatic N) is 10. The molecule has 14 rings (SSSR count). The number of benzene rings is 6. The van der Waals surface area contributed by atoms with Crippen molar-refractivity contribution in [1.29, 1.82) is 0 Å². The monoisotopic (exact) mass is 1940 g/mol. The van der Waals surface area contributed by atoms with Gasteiger partial charge in [0.25, 0.3) is 0 Å². The van der Waals surface area contributed by atoms with Gasteiger partial charge in [0, 0.05) is 117 Å². The maximum absolute atomic E-state index is 12.9. The van der Waals surface area contributed by atoms with Gasteiger partial charge in [-0.15, -0.1) is 0 Å². The number of ketones is 6. The summed E-state index contributed by atoms with van der Waals surface area (Å²) in [4.78, 5) is 118. The number of carbonyl (C=O) groups excluding carboxylic acids is 6. The second-order valence-corrected chi connectivity index (χ2v) is 32.2. The van der Waals surface area contributed by atoms with E-state index in [4.69, 9.17) is 39.1 Å². The zero-order valence-corrected chi connectivity index (χ0v) is 75.7. The van der Waals surface area contributed by atoms with Crippen LogP contribution >= 0.6 is 86.9 Å². The Kier molecular flexibility index (Phi) is 39.1. The van der Waals surface area contributed by atoms with Gasteiger partial charge in [-0.1, -0.05) is 189 Å². The zero-order chi connectivity index (χ0) is 88.9. The lowest BCUT2D eigenvalue weighted by atomic mass is 9.94. The number of aryl methyl sites for hydroxylation is 3. The average molecular weight is 1950 g/mol. The predicted octanol–water partition coefficient (Wildman–Crippen LogP) is 21.6. The van der Waals surface area contributed by atoms with Gasteiger partial charge in [-0.2, -0.15) is 10.2 Å². The van der Waals surface area contributed by atoms with Crippen LogP contribution in [0.25, 0.3) is 11.4 Å². The molecule has 0 fully saturated rings. The number of halogens is 6. The maximum Gasteiger partial charge on any atom is 0.354 e. The fourth-order valence-electron chi connectivity index (χ4n) is 11.5. The highest BCUT2D eigenvalue weighted by Gasteiger charge is 2.21. The molecule has 0 radical (unpaired) electrons. The number of hydrogen-bond acceptors (Lipinski definition) is 17. The van der Waals surface area contributed by atoms with E-state index in [0.29, 0.717) is 83.5 Å². The van der Waals surface area contributed by atoms with Gasteiger partial charge < -0.3 is 15.9 Å². The first-order chi connectivity index (χ1) is 59.0. The third-order valence-electron chi connectivity index (χ3n) is 18.4. The summed E-state index contributed by atoms with van der Waals surface area (Å²) in [5, 5.41) is 27.6. The molecule has 0 saturated carbocycles. The molecule has 0 spiro atoms.